The van der Waals surface area contributed by atoms with Crippen LogP contribution in [0.4, 0.5) is 0 Å². The van der Waals surface area contributed by atoms with Gasteiger partial charge in [0.05, 0.1) is 0 Å². The van der Waals surface area contributed by atoms with E-state index in [2.05, 4.69) is 20.8 Å². The van der Waals surface area contributed by atoms with Gasteiger partial charge in [0, 0.05) is 17.9 Å². The van der Waals surface area contributed by atoms with Crippen LogP contribution in [0.2, 0.25) is 0 Å². The zero-order chi connectivity index (χ0) is 23.9. The zero-order valence-electron chi connectivity index (χ0n) is 20.7. The molecule has 6 nitrogen and oxygen atoms in total. The first kappa shape index (κ1) is 38.0. The van der Waals surface area contributed by atoms with Crippen molar-refractivity contribution < 1.29 is 70.5 Å². The van der Waals surface area contributed by atoms with Gasteiger partial charge in [-0.3, -0.25) is 0 Å². The number of carbonyl (C=O) groups excluding carboxylic acids is 3. The SMILES string of the molecule is CCCC(CC)CC(=O)[O-].CCCC(CC)CC(=O)[O-].CCCC(CC)CC(=O)[O-].[Nd+3]. The van der Waals surface area contributed by atoms with Crippen molar-refractivity contribution in [3.05, 3.63) is 0 Å². The summed E-state index contributed by atoms with van der Waals surface area (Å²) in [5.74, 6) is -1.76. The molecule has 7 heteroatoms. The molecular weight excluding hydrogens is 528 g/mol. The Morgan fingerprint density at radius 1 is 0.516 bits per heavy atom. The van der Waals surface area contributed by atoms with Gasteiger partial charge in [0.15, 0.2) is 0 Å². The van der Waals surface area contributed by atoms with Gasteiger partial charge in [-0.15, -0.1) is 0 Å². The molecule has 0 aliphatic rings. The number of rotatable bonds is 15. The van der Waals surface area contributed by atoms with Gasteiger partial charge in [0.2, 0.25) is 0 Å². The third-order valence-electron chi connectivity index (χ3n) is 5.19. The fourth-order valence-electron chi connectivity index (χ4n) is 3.28. The number of carboxylic acids is 3. The number of carbonyl (C=O) groups is 3. The van der Waals surface area contributed by atoms with Crippen molar-refractivity contribution >= 4 is 17.9 Å². The van der Waals surface area contributed by atoms with E-state index in [1.54, 1.807) is 0 Å². The van der Waals surface area contributed by atoms with E-state index < -0.39 is 17.9 Å². The second kappa shape index (κ2) is 27.8. The van der Waals surface area contributed by atoms with Crippen LogP contribution >= 0.6 is 0 Å². The van der Waals surface area contributed by atoms with Gasteiger partial charge < -0.3 is 29.7 Å². The maximum Gasteiger partial charge on any atom is 3.00 e. The fourth-order valence-corrected chi connectivity index (χ4v) is 3.28. The van der Waals surface area contributed by atoms with Crippen LogP contribution in [-0.2, 0) is 14.4 Å². The molecule has 31 heavy (non-hydrogen) atoms. The molecule has 0 aromatic carbocycles. The summed E-state index contributed by atoms with van der Waals surface area (Å²) in [4.78, 5) is 30.4. The molecule has 0 aromatic rings. The Bertz CT molecular complexity index is 366. The van der Waals surface area contributed by atoms with E-state index in [1.165, 1.54) is 0 Å². The van der Waals surface area contributed by atoms with E-state index in [0.29, 0.717) is 17.8 Å². The summed E-state index contributed by atoms with van der Waals surface area (Å²) in [5.41, 5.74) is 0. The van der Waals surface area contributed by atoms with Crippen LogP contribution in [0, 0.1) is 58.6 Å². The third-order valence-corrected chi connectivity index (χ3v) is 5.19. The molecule has 3 unspecified atom stereocenters. The quantitative estimate of drug-likeness (QED) is 0.297. The number of hydrogen-bond donors (Lipinski definition) is 0. The average Bonchev–Trinajstić information content (AvgIpc) is 2.67. The van der Waals surface area contributed by atoms with Crippen LogP contribution in [-0.4, -0.2) is 17.9 Å². The van der Waals surface area contributed by atoms with Gasteiger partial charge in [0.1, 0.15) is 0 Å². The van der Waals surface area contributed by atoms with Gasteiger partial charge in [-0.1, -0.05) is 99.3 Å². The second-order valence-corrected chi connectivity index (χ2v) is 7.92. The van der Waals surface area contributed by atoms with E-state index in [0.717, 1.165) is 57.8 Å². The van der Waals surface area contributed by atoms with Gasteiger partial charge in [-0.2, -0.15) is 0 Å². The minimum absolute atomic E-state index is 0. The molecule has 0 heterocycles. The van der Waals surface area contributed by atoms with Crippen LogP contribution < -0.4 is 15.3 Å². The molecule has 0 rings (SSSR count). The molecule has 0 bridgehead atoms. The minimum Gasteiger partial charge on any atom is -0.550 e. The van der Waals surface area contributed by atoms with E-state index >= 15 is 0 Å². The van der Waals surface area contributed by atoms with Crippen molar-refractivity contribution in [1.82, 2.24) is 0 Å². The molecular formula is C24H45NdO6. The molecule has 0 N–H and O–H groups in total. The van der Waals surface area contributed by atoms with Crippen LogP contribution in [0.5, 0.6) is 0 Å². The summed E-state index contributed by atoms with van der Waals surface area (Å²) >= 11 is 0. The van der Waals surface area contributed by atoms with Crippen LogP contribution in [0.3, 0.4) is 0 Å². The van der Waals surface area contributed by atoms with Crippen LogP contribution in [0.1, 0.15) is 119 Å². The molecule has 0 spiro atoms. The third kappa shape index (κ3) is 32.0. The van der Waals surface area contributed by atoms with Crippen molar-refractivity contribution in [2.24, 2.45) is 17.8 Å². The molecule has 0 aliphatic heterocycles. The van der Waals surface area contributed by atoms with Crippen LogP contribution in [0.15, 0.2) is 0 Å². The topological polar surface area (TPSA) is 120 Å². The average molecular weight is 574 g/mol. The molecule has 0 saturated carbocycles. The summed E-state index contributed by atoms with van der Waals surface area (Å²) in [7, 11) is 0. The molecule has 181 valence electrons. The van der Waals surface area contributed by atoms with Crippen molar-refractivity contribution in [3.8, 4) is 0 Å². The zero-order valence-corrected chi connectivity index (χ0v) is 23.9. The van der Waals surface area contributed by atoms with Crippen molar-refractivity contribution in [2.75, 3.05) is 0 Å². The van der Waals surface area contributed by atoms with Crippen LogP contribution in [0.25, 0.3) is 0 Å². The largest absolute Gasteiger partial charge is 3.00 e. The summed E-state index contributed by atoms with van der Waals surface area (Å²) in [6, 6.07) is 0. The smallest absolute Gasteiger partial charge is 0.550 e. The van der Waals surface area contributed by atoms with Crippen molar-refractivity contribution in [1.29, 1.82) is 0 Å². The van der Waals surface area contributed by atoms with E-state index in [4.69, 9.17) is 0 Å². The molecule has 0 fully saturated rings. The Hall–Kier alpha value is -0.239. The first-order chi connectivity index (χ1) is 14.1. The summed E-state index contributed by atoms with van der Waals surface area (Å²) in [5, 5.41) is 30.4. The number of hydrogen-bond acceptors (Lipinski definition) is 6. The molecule has 3 atom stereocenters. The molecule has 0 amide bonds. The summed E-state index contributed by atoms with van der Waals surface area (Å²) in [6.45, 7) is 12.3. The molecule has 0 saturated heterocycles. The monoisotopic (exact) mass is 571 g/mol. The van der Waals surface area contributed by atoms with Gasteiger partial charge in [-0.25, -0.2) is 0 Å². The number of carboxylic acid groups (broad SMARTS) is 3. The summed E-state index contributed by atoms with van der Waals surface area (Å²) in [6.07, 6.45) is 9.72. The Morgan fingerprint density at radius 2 is 0.710 bits per heavy atom. The summed E-state index contributed by atoms with van der Waals surface area (Å²) < 4.78 is 0. The second-order valence-electron chi connectivity index (χ2n) is 7.92. The van der Waals surface area contributed by atoms with Gasteiger partial charge in [0.25, 0.3) is 0 Å². The first-order valence-corrected chi connectivity index (χ1v) is 11.7. The standard InChI is InChI=1S/3C8H16O2.Nd/c3*1-3-5-7(4-2)6-8(9)10;/h3*7H,3-6H2,1-2H3,(H,9,10);/q;;;+3/p-3. The predicted molar refractivity (Wildman–Crippen MR) is 115 cm³/mol. The molecule has 0 aliphatic carbocycles. The Labute approximate surface area is 223 Å². The first-order valence-electron chi connectivity index (χ1n) is 11.7. The Morgan fingerprint density at radius 3 is 0.806 bits per heavy atom. The van der Waals surface area contributed by atoms with Crippen molar-refractivity contribution in [3.63, 3.8) is 0 Å². The van der Waals surface area contributed by atoms with E-state index in [9.17, 15) is 29.7 Å². The van der Waals surface area contributed by atoms with E-state index in [1.807, 2.05) is 20.8 Å². The Balaban J connectivity index is -0.000000174. The maximum absolute atomic E-state index is 10.1. The molecule has 1 radical (unpaired) electrons. The van der Waals surface area contributed by atoms with Crippen molar-refractivity contribution in [2.45, 2.75) is 119 Å². The Kier molecular flexibility index (Phi) is 34.1. The maximum atomic E-state index is 10.1. The minimum atomic E-state index is -0.916. The predicted octanol–water partition coefficient (Wildman–Crippen LogP) is 2.86. The van der Waals surface area contributed by atoms with Gasteiger partial charge >= 0.3 is 40.8 Å². The number of aliphatic carboxylic acids is 3. The van der Waals surface area contributed by atoms with E-state index in [-0.39, 0.29) is 60.1 Å². The normalized spacial score (nSPS) is 12.6. The van der Waals surface area contributed by atoms with Gasteiger partial charge in [-0.05, 0) is 37.0 Å². The molecule has 0 aromatic heterocycles. The fraction of sp³-hybridized carbons (Fsp3) is 0.875.